The Balaban J connectivity index is 2.18. The maximum absolute atomic E-state index is 12.1. The summed E-state index contributed by atoms with van der Waals surface area (Å²) in [5.74, 6) is 0.0705. The predicted octanol–water partition coefficient (Wildman–Crippen LogP) is 1.24. The number of aromatic hydroxyl groups is 1. The van der Waals surface area contributed by atoms with Crippen molar-refractivity contribution < 1.29 is 9.90 Å². The Bertz CT molecular complexity index is 413. The van der Waals surface area contributed by atoms with Gasteiger partial charge < -0.3 is 15.7 Å². The van der Waals surface area contributed by atoms with Crippen LogP contribution >= 0.6 is 0 Å². The van der Waals surface area contributed by atoms with E-state index in [1.165, 1.54) is 4.90 Å². The number of likely N-dealkylation sites (N-methyl/N-ethyl adjacent to an activating group) is 1. The summed E-state index contributed by atoms with van der Waals surface area (Å²) >= 11 is 0. The fourth-order valence-corrected chi connectivity index (χ4v) is 1.92. The number of benzene rings is 1. The van der Waals surface area contributed by atoms with Crippen molar-refractivity contribution in [1.29, 1.82) is 0 Å². The number of amides is 1. The Hall–Kier alpha value is -1.55. The number of nitrogens with two attached hydrogens (primary N) is 1. The molecule has 0 heterocycles. The van der Waals surface area contributed by atoms with E-state index in [2.05, 4.69) is 0 Å². The van der Waals surface area contributed by atoms with Crippen LogP contribution in [0.3, 0.4) is 0 Å². The Morgan fingerprint density at radius 1 is 1.50 bits per heavy atom. The summed E-state index contributed by atoms with van der Waals surface area (Å²) in [4.78, 5) is 13.6. The van der Waals surface area contributed by atoms with Gasteiger partial charge in [-0.15, -0.1) is 0 Å². The number of hydrogen-bond donors (Lipinski definition) is 2. The third-order valence-electron chi connectivity index (χ3n) is 3.19. The van der Waals surface area contributed by atoms with Gasteiger partial charge in [-0.1, -0.05) is 6.07 Å². The minimum atomic E-state index is -0.694. The summed E-state index contributed by atoms with van der Waals surface area (Å²) in [6, 6.07) is 6.61. The van der Waals surface area contributed by atoms with Crippen LogP contribution in [0.5, 0.6) is 5.75 Å². The van der Waals surface area contributed by atoms with Crippen LogP contribution < -0.4 is 10.6 Å². The first-order chi connectivity index (χ1) is 7.53. The molecule has 0 atom stereocenters. The molecule has 4 nitrogen and oxygen atoms in total. The summed E-state index contributed by atoms with van der Waals surface area (Å²) in [5, 5.41) is 9.35. The quantitative estimate of drug-likeness (QED) is 0.788. The van der Waals surface area contributed by atoms with Gasteiger partial charge in [0.15, 0.2) is 0 Å². The summed E-state index contributed by atoms with van der Waals surface area (Å²) in [6.45, 7) is 0. The fourth-order valence-electron chi connectivity index (χ4n) is 1.92. The number of hydrogen-bond acceptors (Lipinski definition) is 3. The highest BCUT2D eigenvalue weighted by Gasteiger charge is 2.42. The third kappa shape index (κ3) is 1.76. The van der Waals surface area contributed by atoms with Crippen LogP contribution in [-0.4, -0.2) is 23.6 Å². The molecule has 1 saturated carbocycles. The number of rotatable bonds is 2. The molecule has 0 radical (unpaired) electrons. The maximum atomic E-state index is 12.1. The van der Waals surface area contributed by atoms with E-state index in [9.17, 15) is 9.90 Å². The lowest BCUT2D eigenvalue weighted by Crippen LogP contribution is -2.59. The molecule has 1 aliphatic rings. The Kier molecular flexibility index (Phi) is 2.59. The first-order valence-corrected chi connectivity index (χ1v) is 5.39. The van der Waals surface area contributed by atoms with Gasteiger partial charge in [0.2, 0.25) is 5.91 Å². The lowest BCUT2D eigenvalue weighted by Gasteiger charge is -2.39. The minimum absolute atomic E-state index is 0.0793. The smallest absolute Gasteiger partial charge is 0.246 e. The van der Waals surface area contributed by atoms with E-state index in [0.717, 1.165) is 19.3 Å². The van der Waals surface area contributed by atoms with Crippen molar-refractivity contribution in [2.75, 3.05) is 11.9 Å². The molecule has 3 N–H and O–H groups in total. The van der Waals surface area contributed by atoms with Gasteiger partial charge in [-0.25, -0.2) is 0 Å². The third-order valence-corrected chi connectivity index (χ3v) is 3.19. The summed E-state index contributed by atoms with van der Waals surface area (Å²) in [5.41, 5.74) is 5.94. The number of anilines is 1. The zero-order valence-electron chi connectivity index (χ0n) is 9.31. The first kappa shape index (κ1) is 11.0. The van der Waals surface area contributed by atoms with Crippen molar-refractivity contribution >= 4 is 11.6 Å². The molecule has 0 aromatic heterocycles. The van der Waals surface area contributed by atoms with Crippen molar-refractivity contribution in [3.63, 3.8) is 0 Å². The van der Waals surface area contributed by atoms with Crippen LogP contribution in [0, 0.1) is 0 Å². The van der Waals surface area contributed by atoms with Gasteiger partial charge in [-0.3, -0.25) is 4.79 Å². The number of carbonyl (C=O) groups excluding carboxylic acids is 1. The van der Waals surface area contributed by atoms with E-state index < -0.39 is 5.54 Å². The number of phenolic OH excluding ortho intramolecular Hbond substituents is 1. The molecular formula is C12H16N2O2. The highest BCUT2D eigenvalue weighted by Crippen LogP contribution is 2.32. The second-order valence-electron chi connectivity index (χ2n) is 4.39. The van der Waals surface area contributed by atoms with E-state index >= 15 is 0 Å². The monoisotopic (exact) mass is 220 g/mol. The van der Waals surface area contributed by atoms with Gasteiger partial charge in [0.05, 0.1) is 5.54 Å². The van der Waals surface area contributed by atoms with Crippen LogP contribution in [0.1, 0.15) is 19.3 Å². The van der Waals surface area contributed by atoms with Crippen LogP contribution in [-0.2, 0) is 4.79 Å². The number of phenols is 1. The van der Waals surface area contributed by atoms with Gasteiger partial charge in [0.1, 0.15) is 5.75 Å². The average Bonchev–Trinajstić information content (AvgIpc) is 2.24. The number of nitrogens with zero attached hydrogens (tertiary/aromatic N) is 1. The second kappa shape index (κ2) is 3.79. The van der Waals surface area contributed by atoms with Gasteiger partial charge in [0.25, 0.3) is 0 Å². The molecule has 1 amide bonds. The Labute approximate surface area is 94.7 Å². The lowest BCUT2D eigenvalue weighted by atomic mass is 9.76. The van der Waals surface area contributed by atoms with E-state index in [-0.39, 0.29) is 11.7 Å². The summed E-state index contributed by atoms with van der Waals surface area (Å²) < 4.78 is 0. The van der Waals surface area contributed by atoms with E-state index in [1.807, 2.05) is 0 Å². The molecule has 0 spiro atoms. The van der Waals surface area contributed by atoms with Crippen LogP contribution in [0.4, 0.5) is 5.69 Å². The molecular weight excluding hydrogens is 204 g/mol. The molecule has 0 unspecified atom stereocenters. The van der Waals surface area contributed by atoms with Gasteiger partial charge in [-0.2, -0.15) is 0 Å². The van der Waals surface area contributed by atoms with Crippen molar-refractivity contribution in [3.05, 3.63) is 24.3 Å². The Morgan fingerprint density at radius 2 is 2.19 bits per heavy atom. The molecule has 1 aromatic rings. The molecule has 4 heteroatoms. The topological polar surface area (TPSA) is 66.6 Å². The van der Waals surface area contributed by atoms with E-state index in [4.69, 9.17) is 5.73 Å². The van der Waals surface area contributed by atoms with E-state index in [0.29, 0.717) is 5.69 Å². The maximum Gasteiger partial charge on any atom is 0.246 e. The second-order valence-corrected chi connectivity index (χ2v) is 4.39. The van der Waals surface area contributed by atoms with Crippen molar-refractivity contribution in [3.8, 4) is 5.75 Å². The molecule has 2 rings (SSSR count). The zero-order chi connectivity index (χ0) is 11.8. The summed E-state index contributed by atoms with van der Waals surface area (Å²) in [7, 11) is 1.68. The molecule has 0 aliphatic heterocycles. The van der Waals surface area contributed by atoms with Gasteiger partial charge in [-0.05, 0) is 31.4 Å². The van der Waals surface area contributed by atoms with Crippen LogP contribution in [0.25, 0.3) is 0 Å². The molecule has 16 heavy (non-hydrogen) atoms. The SMILES string of the molecule is CN(C(=O)C1(N)CCC1)c1cccc(O)c1. The number of carbonyl (C=O) groups is 1. The van der Waals surface area contributed by atoms with Gasteiger partial charge in [0, 0.05) is 18.8 Å². The summed E-state index contributed by atoms with van der Waals surface area (Å²) in [6.07, 6.45) is 2.50. The highest BCUT2D eigenvalue weighted by atomic mass is 16.3. The average molecular weight is 220 g/mol. The van der Waals surface area contributed by atoms with Gasteiger partial charge >= 0.3 is 0 Å². The normalized spacial score (nSPS) is 17.6. The molecule has 86 valence electrons. The van der Waals surface area contributed by atoms with Crippen LogP contribution in [0.15, 0.2) is 24.3 Å². The Morgan fingerprint density at radius 3 is 2.69 bits per heavy atom. The minimum Gasteiger partial charge on any atom is -0.508 e. The molecule has 1 fully saturated rings. The first-order valence-electron chi connectivity index (χ1n) is 5.39. The van der Waals surface area contributed by atoms with Crippen molar-refractivity contribution in [2.24, 2.45) is 5.73 Å². The molecule has 0 saturated heterocycles. The molecule has 1 aromatic carbocycles. The largest absolute Gasteiger partial charge is 0.508 e. The standard InChI is InChI=1S/C12H16N2O2/c1-14(9-4-2-5-10(15)8-9)11(16)12(13)6-3-7-12/h2,4-5,8,15H,3,6-7,13H2,1H3. The van der Waals surface area contributed by atoms with Crippen molar-refractivity contribution in [2.45, 2.75) is 24.8 Å². The highest BCUT2D eigenvalue weighted by molar-refractivity contribution is 6.00. The van der Waals surface area contributed by atoms with Crippen molar-refractivity contribution in [1.82, 2.24) is 0 Å². The molecule has 0 bridgehead atoms. The molecule has 1 aliphatic carbocycles. The fraction of sp³-hybridized carbons (Fsp3) is 0.417. The zero-order valence-corrected chi connectivity index (χ0v) is 9.31. The lowest BCUT2D eigenvalue weighted by molar-refractivity contribution is -0.126. The van der Waals surface area contributed by atoms with Crippen LogP contribution in [0.2, 0.25) is 0 Å². The van der Waals surface area contributed by atoms with E-state index in [1.54, 1.807) is 31.3 Å². The predicted molar refractivity (Wildman–Crippen MR) is 62.3 cm³/mol.